The fourth-order valence-corrected chi connectivity index (χ4v) is 2.09. The molecule has 0 saturated carbocycles. The van der Waals surface area contributed by atoms with Crippen LogP contribution in [0.4, 0.5) is 5.69 Å². The normalized spacial score (nSPS) is 11.9. The highest BCUT2D eigenvalue weighted by Gasteiger charge is 2.19. The van der Waals surface area contributed by atoms with Crippen LogP contribution in [0.15, 0.2) is 54.6 Å². The topological polar surface area (TPSA) is 61.4 Å². The standard InChI is InChI=1S/C16H17ClN2O2/c17-13-8-6-12(7-9-13)15(18-10-11-20)16(21)19-14-4-2-1-3-5-14/h1-9,15,18,20H,10-11H2,(H,19,21)/t15-/m1/s1. The van der Waals surface area contributed by atoms with Gasteiger partial charge in [0, 0.05) is 17.3 Å². The molecule has 0 fully saturated rings. The Morgan fingerprint density at radius 3 is 2.38 bits per heavy atom. The number of rotatable bonds is 6. The van der Waals surface area contributed by atoms with Crippen LogP contribution in [0.5, 0.6) is 0 Å². The van der Waals surface area contributed by atoms with Gasteiger partial charge in [-0.05, 0) is 29.8 Å². The molecule has 0 bridgehead atoms. The molecule has 0 spiro atoms. The molecule has 1 atom stereocenters. The maximum Gasteiger partial charge on any atom is 0.246 e. The number of aliphatic hydroxyl groups is 1. The number of halogens is 1. The highest BCUT2D eigenvalue weighted by atomic mass is 35.5. The minimum absolute atomic E-state index is 0.0390. The molecule has 1 amide bonds. The summed E-state index contributed by atoms with van der Waals surface area (Å²) in [5.41, 5.74) is 1.52. The molecule has 0 saturated heterocycles. The summed E-state index contributed by atoms with van der Waals surface area (Å²) >= 11 is 5.87. The molecular weight excluding hydrogens is 288 g/mol. The molecule has 0 heterocycles. The predicted molar refractivity (Wildman–Crippen MR) is 84.4 cm³/mol. The smallest absolute Gasteiger partial charge is 0.246 e. The summed E-state index contributed by atoms with van der Waals surface area (Å²) < 4.78 is 0. The number of para-hydroxylation sites is 1. The molecule has 0 aromatic heterocycles. The minimum Gasteiger partial charge on any atom is -0.395 e. The van der Waals surface area contributed by atoms with Gasteiger partial charge in [-0.15, -0.1) is 0 Å². The van der Waals surface area contributed by atoms with E-state index < -0.39 is 6.04 Å². The number of anilines is 1. The maximum absolute atomic E-state index is 12.4. The number of carbonyl (C=O) groups is 1. The second kappa shape index (κ2) is 7.78. The van der Waals surface area contributed by atoms with E-state index >= 15 is 0 Å². The van der Waals surface area contributed by atoms with E-state index in [4.69, 9.17) is 16.7 Å². The van der Waals surface area contributed by atoms with Crippen LogP contribution in [-0.2, 0) is 4.79 Å². The first-order valence-electron chi connectivity index (χ1n) is 6.66. The second-order valence-corrected chi connectivity index (χ2v) is 4.95. The summed E-state index contributed by atoms with van der Waals surface area (Å²) in [4.78, 5) is 12.4. The van der Waals surface area contributed by atoms with Crippen molar-refractivity contribution < 1.29 is 9.90 Å². The average molecular weight is 305 g/mol. The molecule has 4 nitrogen and oxygen atoms in total. The van der Waals surface area contributed by atoms with E-state index in [1.807, 2.05) is 30.3 Å². The summed E-state index contributed by atoms with van der Waals surface area (Å²) in [6.07, 6.45) is 0. The van der Waals surface area contributed by atoms with E-state index in [9.17, 15) is 4.79 Å². The van der Waals surface area contributed by atoms with Gasteiger partial charge < -0.3 is 10.4 Å². The summed E-state index contributed by atoms with van der Waals surface area (Å²) in [6.45, 7) is 0.290. The third kappa shape index (κ3) is 4.56. The van der Waals surface area contributed by atoms with Crippen molar-refractivity contribution in [2.75, 3.05) is 18.5 Å². The zero-order chi connectivity index (χ0) is 15.1. The van der Waals surface area contributed by atoms with Crippen molar-refractivity contribution >= 4 is 23.2 Å². The Morgan fingerprint density at radius 2 is 1.76 bits per heavy atom. The predicted octanol–water partition coefficient (Wildman–Crippen LogP) is 2.60. The SMILES string of the molecule is O=C(Nc1ccccc1)[C@H](NCCO)c1ccc(Cl)cc1. The molecule has 2 aromatic rings. The zero-order valence-corrected chi connectivity index (χ0v) is 12.2. The first-order chi connectivity index (χ1) is 10.2. The molecule has 5 heteroatoms. The molecule has 2 aromatic carbocycles. The van der Waals surface area contributed by atoms with Crippen molar-refractivity contribution in [2.45, 2.75) is 6.04 Å². The second-order valence-electron chi connectivity index (χ2n) is 4.52. The fraction of sp³-hybridized carbons (Fsp3) is 0.188. The van der Waals surface area contributed by atoms with E-state index in [1.54, 1.807) is 24.3 Å². The zero-order valence-electron chi connectivity index (χ0n) is 11.4. The van der Waals surface area contributed by atoms with Gasteiger partial charge in [0.2, 0.25) is 5.91 Å². The highest BCUT2D eigenvalue weighted by Crippen LogP contribution is 2.18. The Balaban J connectivity index is 2.15. The van der Waals surface area contributed by atoms with Crippen molar-refractivity contribution in [1.82, 2.24) is 5.32 Å². The molecule has 110 valence electrons. The molecule has 0 aliphatic heterocycles. The van der Waals surface area contributed by atoms with E-state index in [2.05, 4.69) is 10.6 Å². The van der Waals surface area contributed by atoms with Crippen LogP contribution in [0.25, 0.3) is 0 Å². The van der Waals surface area contributed by atoms with Crippen LogP contribution in [0, 0.1) is 0 Å². The quantitative estimate of drug-likeness (QED) is 0.769. The van der Waals surface area contributed by atoms with Crippen LogP contribution in [-0.4, -0.2) is 24.2 Å². The lowest BCUT2D eigenvalue weighted by atomic mass is 10.1. The van der Waals surface area contributed by atoms with Crippen LogP contribution < -0.4 is 10.6 Å². The van der Waals surface area contributed by atoms with Crippen LogP contribution >= 0.6 is 11.6 Å². The Labute approximate surface area is 128 Å². The Hall–Kier alpha value is -1.88. The number of carbonyl (C=O) groups excluding carboxylic acids is 1. The average Bonchev–Trinajstić information content (AvgIpc) is 2.50. The van der Waals surface area contributed by atoms with Gasteiger partial charge >= 0.3 is 0 Å². The number of hydrogen-bond acceptors (Lipinski definition) is 3. The van der Waals surface area contributed by atoms with Gasteiger partial charge in [-0.2, -0.15) is 0 Å². The van der Waals surface area contributed by atoms with Gasteiger partial charge in [0.05, 0.1) is 6.61 Å². The number of aliphatic hydroxyl groups excluding tert-OH is 1. The molecular formula is C16H17ClN2O2. The van der Waals surface area contributed by atoms with Gasteiger partial charge in [0.15, 0.2) is 0 Å². The van der Waals surface area contributed by atoms with Gasteiger partial charge in [0.25, 0.3) is 0 Å². The molecule has 2 rings (SSSR count). The molecule has 21 heavy (non-hydrogen) atoms. The Morgan fingerprint density at radius 1 is 1.10 bits per heavy atom. The lowest BCUT2D eigenvalue weighted by Gasteiger charge is -2.18. The maximum atomic E-state index is 12.4. The molecule has 3 N–H and O–H groups in total. The third-order valence-electron chi connectivity index (χ3n) is 2.97. The minimum atomic E-state index is -0.547. The Kier molecular flexibility index (Phi) is 5.75. The number of nitrogens with one attached hydrogen (secondary N) is 2. The van der Waals surface area contributed by atoms with Crippen molar-refractivity contribution in [3.63, 3.8) is 0 Å². The lowest BCUT2D eigenvalue weighted by molar-refractivity contribution is -0.118. The molecule has 0 radical (unpaired) electrons. The third-order valence-corrected chi connectivity index (χ3v) is 3.22. The number of amides is 1. The Bertz CT molecular complexity index is 573. The van der Waals surface area contributed by atoms with Gasteiger partial charge in [-0.3, -0.25) is 10.1 Å². The number of benzene rings is 2. The molecule has 0 unspecified atom stereocenters. The van der Waals surface area contributed by atoms with Crippen LogP contribution in [0.2, 0.25) is 5.02 Å². The van der Waals surface area contributed by atoms with E-state index in [0.29, 0.717) is 11.6 Å². The van der Waals surface area contributed by atoms with E-state index in [0.717, 1.165) is 11.3 Å². The summed E-state index contributed by atoms with van der Waals surface area (Å²) in [5, 5.41) is 15.4. The van der Waals surface area contributed by atoms with Crippen molar-refractivity contribution in [1.29, 1.82) is 0 Å². The monoisotopic (exact) mass is 304 g/mol. The highest BCUT2D eigenvalue weighted by molar-refractivity contribution is 6.30. The summed E-state index contributed by atoms with van der Waals surface area (Å²) in [6, 6.07) is 15.8. The molecule has 0 aliphatic rings. The van der Waals surface area contributed by atoms with Gasteiger partial charge in [0.1, 0.15) is 6.04 Å². The summed E-state index contributed by atoms with van der Waals surface area (Å²) in [7, 11) is 0. The number of hydrogen-bond donors (Lipinski definition) is 3. The first-order valence-corrected chi connectivity index (χ1v) is 7.04. The van der Waals surface area contributed by atoms with Crippen LogP contribution in [0.3, 0.4) is 0 Å². The lowest BCUT2D eigenvalue weighted by Crippen LogP contribution is -2.34. The first kappa shape index (κ1) is 15.5. The van der Waals surface area contributed by atoms with E-state index in [1.165, 1.54) is 0 Å². The fourth-order valence-electron chi connectivity index (χ4n) is 1.96. The van der Waals surface area contributed by atoms with Crippen molar-refractivity contribution in [3.05, 3.63) is 65.2 Å². The van der Waals surface area contributed by atoms with E-state index in [-0.39, 0.29) is 12.5 Å². The summed E-state index contributed by atoms with van der Waals surface area (Å²) in [5.74, 6) is -0.183. The van der Waals surface area contributed by atoms with Crippen molar-refractivity contribution in [3.8, 4) is 0 Å². The largest absolute Gasteiger partial charge is 0.395 e. The van der Waals surface area contributed by atoms with Crippen molar-refractivity contribution in [2.24, 2.45) is 0 Å². The van der Waals surface area contributed by atoms with Crippen LogP contribution in [0.1, 0.15) is 11.6 Å². The molecule has 0 aliphatic carbocycles. The van der Waals surface area contributed by atoms with Gasteiger partial charge in [-0.1, -0.05) is 41.9 Å². The van der Waals surface area contributed by atoms with Gasteiger partial charge in [-0.25, -0.2) is 0 Å².